The van der Waals surface area contributed by atoms with Crippen molar-refractivity contribution < 1.29 is 19.4 Å². The van der Waals surface area contributed by atoms with Crippen molar-refractivity contribution in [2.24, 2.45) is 0 Å². The van der Waals surface area contributed by atoms with Gasteiger partial charge in [-0.2, -0.15) is 0 Å². The summed E-state index contributed by atoms with van der Waals surface area (Å²) in [6.45, 7) is 9.77. The van der Waals surface area contributed by atoms with Crippen LogP contribution in [-0.2, 0) is 9.59 Å². The van der Waals surface area contributed by atoms with Crippen LogP contribution in [0.1, 0.15) is 23.6 Å². The van der Waals surface area contributed by atoms with Crippen molar-refractivity contribution in [2.45, 2.75) is 20.8 Å². The molecule has 0 bridgehead atoms. The van der Waals surface area contributed by atoms with E-state index in [2.05, 4.69) is 4.90 Å². The van der Waals surface area contributed by atoms with Crippen molar-refractivity contribution in [3.05, 3.63) is 64.9 Å². The molecule has 2 aliphatic rings. The number of carbonyl (C=O) groups is 2. The van der Waals surface area contributed by atoms with E-state index < -0.39 is 0 Å². The number of benzene rings is 2. The van der Waals surface area contributed by atoms with E-state index in [1.165, 1.54) is 4.90 Å². The van der Waals surface area contributed by atoms with Gasteiger partial charge in [0.15, 0.2) is 0 Å². The Morgan fingerprint density at radius 3 is 2.27 bits per heavy atom. The standard InChI is InChI=1S/C26H31N3O4/c1-4-33-21-9-7-20(8-10-21)23-24(28-13-11-27(12-14-28)15-16-30)26(32)29(25(23)31)22-17-18(2)5-6-19(22)3/h5-10,17,30H,4,11-16H2,1-3H3. The van der Waals surface area contributed by atoms with Gasteiger partial charge >= 0.3 is 0 Å². The normalized spacial score (nSPS) is 17.3. The van der Waals surface area contributed by atoms with Gasteiger partial charge in [-0.05, 0) is 55.7 Å². The molecule has 0 radical (unpaired) electrons. The average molecular weight is 450 g/mol. The fourth-order valence-electron chi connectivity index (χ4n) is 4.47. The average Bonchev–Trinajstić information content (AvgIpc) is 3.07. The SMILES string of the molecule is CCOc1ccc(C2=C(N3CCN(CCO)CC3)C(=O)N(c3cc(C)ccc3C)C2=O)cc1. The number of hydrogen-bond donors (Lipinski definition) is 1. The maximum atomic E-state index is 13.8. The Morgan fingerprint density at radius 1 is 0.939 bits per heavy atom. The van der Waals surface area contributed by atoms with E-state index >= 15 is 0 Å². The molecular formula is C26H31N3O4. The largest absolute Gasteiger partial charge is 0.494 e. The summed E-state index contributed by atoms with van der Waals surface area (Å²) in [4.78, 5) is 33.0. The molecule has 2 heterocycles. The number of rotatable bonds is 7. The van der Waals surface area contributed by atoms with E-state index in [1.54, 1.807) is 0 Å². The fourth-order valence-corrected chi connectivity index (χ4v) is 4.47. The van der Waals surface area contributed by atoms with Crippen molar-refractivity contribution in [2.75, 3.05) is 50.8 Å². The maximum absolute atomic E-state index is 13.8. The Labute approximate surface area is 194 Å². The third kappa shape index (κ3) is 4.51. The summed E-state index contributed by atoms with van der Waals surface area (Å²) < 4.78 is 5.55. The van der Waals surface area contributed by atoms with Gasteiger partial charge < -0.3 is 14.7 Å². The lowest BCUT2D eigenvalue weighted by Gasteiger charge is -2.36. The summed E-state index contributed by atoms with van der Waals surface area (Å²) in [5, 5.41) is 9.25. The molecule has 7 heteroatoms. The minimum Gasteiger partial charge on any atom is -0.494 e. The molecule has 0 aliphatic carbocycles. The first-order valence-corrected chi connectivity index (χ1v) is 11.5. The van der Waals surface area contributed by atoms with Gasteiger partial charge in [0.25, 0.3) is 11.8 Å². The molecule has 7 nitrogen and oxygen atoms in total. The van der Waals surface area contributed by atoms with Crippen LogP contribution in [0.15, 0.2) is 48.2 Å². The first-order valence-electron chi connectivity index (χ1n) is 11.5. The lowest BCUT2D eigenvalue weighted by molar-refractivity contribution is -0.120. The van der Waals surface area contributed by atoms with E-state index in [0.717, 1.165) is 30.0 Å². The van der Waals surface area contributed by atoms with Crippen molar-refractivity contribution in [1.29, 1.82) is 0 Å². The number of carbonyl (C=O) groups excluding carboxylic acids is 2. The molecular weight excluding hydrogens is 418 g/mol. The van der Waals surface area contributed by atoms with Gasteiger partial charge in [0.05, 0.1) is 24.5 Å². The summed E-state index contributed by atoms with van der Waals surface area (Å²) >= 11 is 0. The highest BCUT2D eigenvalue weighted by Crippen LogP contribution is 2.37. The third-order valence-electron chi connectivity index (χ3n) is 6.22. The van der Waals surface area contributed by atoms with Crippen LogP contribution in [0.5, 0.6) is 5.75 Å². The number of aliphatic hydroxyl groups excluding tert-OH is 1. The zero-order chi connectivity index (χ0) is 23.5. The molecule has 4 rings (SSSR count). The molecule has 2 aromatic carbocycles. The van der Waals surface area contributed by atoms with E-state index in [0.29, 0.717) is 48.8 Å². The minimum absolute atomic E-state index is 0.109. The smallest absolute Gasteiger partial charge is 0.282 e. The summed E-state index contributed by atoms with van der Waals surface area (Å²) in [6.07, 6.45) is 0. The van der Waals surface area contributed by atoms with Crippen LogP contribution >= 0.6 is 0 Å². The molecule has 1 saturated heterocycles. The first kappa shape index (κ1) is 23.0. The van der Waals surface area contributed by atoms with Crippen LogP contribution in [0.3, 0.4) is 0 Å². The molecule has 33 heavy (non-hydrogen) atoms. The Hall–Kier alpha value is -3.16. The number of hydrogen-bond acceptors (Lipinski definition) is 6. The molecule has 0 unspecified atom stereocenters. The van der Waals surface area contributed by atoms with E-state index in [1.807, 2.05) is 68.1 Å². The highest BCUT2D eigenvalue weighted by molar-refractivity contribution is 6.45. The minimum atomic E-state index is -0.300. The number of ether oxygens (including phenoxy) is 1. The summed E-state index contributed by atoms with van der Waals surface area (Å²) in [7, 11) is 0. The molecule has 1 fully saturated rings. The van der Waals surface area contributed by atoms with Crippen LogP contribution in [0.25, 0.3) is 5.57 Å². The van der Waals surface area contributed by atoms with Crippen molar-refractivity contribution in [3.8, 4) is 5.75 Å². The van der Waals surface area contributed by atoms with Gasteiger partial charge in [-0.3, -0.25) is 14.5 Å². The quantitative estimate of drug-likeness (QED) is 0.655. The van der Waals surface area contributed by atoms with Crippen molar-refractivity contribution in [1.82, 2.24) is 9.80 Å². The second kappa shape index (κ2) is 9.77. The number of aliphatic hydroxyl groups is 1. The van der Waals surface area contributed by atoms with Gasteiger partial charge in [-0.1, -0.05) is 24.3 Å². The maximum Gasteiger partial charge on any atom is 0.282 e. The van der Waals surface area contributed by atoms with Crippen LogP contribution in [-0.4, -0.2) is 72.7 Å². The Kier molecular flexibility index (Phi) is 6.81. The van der Waals surface area contributed by atoms with Gasteiger partial charge in [-0.25, -0.2) is 4.90 Å². The van der Waals surface area contributed by atoms with Crippen LogP contribution in [0.4, 0.5) is 5.69 Å². The second-order valence-corrected chi connectivity index (χ2v) is 8.47. The Morgan fingerprint density at radius 2 is 1.64 bits per heavy atom. The fraction of sp³-hybridized carbons (Fsp3) is 0.385. The lowest BCUT2D eigenvalue weighted by atomic mass is 10.0. The van der Waals surface area contributed by atoms with Crippen LogP contribution < -0.4 is 9.64 Å². The number of imide groups is 1. The number of aryl methyl sites for hydroxylation is 2. The summed E-state index contributed by atoms with van der Waals surface area (Å²) in [6, 6.07) is 13.2. The monoisotopic (exact) mass is 449 g/mol. The molecule has 0 aromatic heterocycles. The van der Waals surface area contributed by atoms with Gasteiger partial charge in [-0.15, -0.1) is 0 Å². The van der Waals surface area contributed by atoms with E-state index in [-0.39, 0.29) is 18.4 Å². The third-order valence-corrected chi connectivity index (χ3v) is 6.22. The number of anilines is 1. The van der Waals surface area contributed by atoms with Crippen LogP contribution in [0.2, 0.25) is 0 Å². The second-order valence-electron chi connectivity index (χ2n) is 8.47. The number of β-amino-alcohol motifs (C(OH)–C–C–N with tert-alkyl or cyclic N) is 1. The Balaban J connectivity index is 1.75. The van der Waals surface area contributed by atoms with Gasteiger partial charge in [0.2, 0.25) is 0 Å². The number of piperazine rings is 1. The highest BCUT2D eigenvalue weighted by atomic mass is 16.5. The van der Waals surface area contributed by atoms with Gasteiger partial charge in [0.1, 0.15) is 11.4 Å². The zero-order valence-electron chi connectivity index (χ0n) is 19.5. The number of amides is 2. The summed E-state index contributed by atoms with van der Waals surface area (Å²) in [5.74, 6) is 0.142. The predicted octanol–water partition coefficient (Wildman–Crippen LogP) is 2.60. The molecule has 1 N–H and O–H groups in total. The zero-order valence-corrected chi connectivity index (χ0v) is 19.5. The molecule has 0 atom stereocenters. The van der Waals surface area contributed by atoms with Crippen molar-refractivity contribution in [3.63, 3.8) is 0 Å². The molecule has 2 aliphatic heterocycles. The van der Waals surface area contributed by atoms with E-state index in [4.69, 9.17) is 4.74 Å². The molecule has 0 spiro atoms. The predicted molar refractivity (Wildman–Crippen MR) is 128 cm³/mol. The van der Waals surface area contributed by atoms with Gasteiger partial charge in [0, 0.05) is 32.7 Å². The Bertz CT molecular complexity index is 1070. The lowest BCUT2D eigenvalue weighted by Crippen LogP contribution is -2.48. The molecule has 0 saturated carbocycles. The molecule has 174 valence electrons. The summed E-state index contributed by atoms with van der Waals surface area (Å²) in [5.41, 5.74) is 4.08. The van der Waals surface area contributed by atoms with Crippen LogP contribution in [0, 0.1) is 13.8 Å². The molecule has 2 amide bonds. The van der Waals surface area contributed by atoms with Crippen molar-refractivity contribution >= 4 is 23.1 Å². The van der Waals surface area contributed by atoms with E-state index in [9.17, 15) is 14.7 Å². The topological polar surface area (TPSA) is 73.3 Å². The number of nitrogens with zero attached hydrogens (tertiary/aromatic N) is 3. The first-order chi connectivity index (χ1) is 15.9. The highest BCUT2D eigenvalue weighted by Gasteiger charge is 2.43. The molecule has 2 aromatic rings.